The summed E-state index contributed by atoms with van der Waals surface area (Å²) < 4.78 is 37.4. The van der Waals surface area contributed by atoms with Gasteiger partial charge in [-0.1, -0.05) is 0 Å². The Hall–Kier alpha value is -4.23. The highest BCUT2D eigenvalue weighted by Gasteiger charge is 2.24. The molecule has 1 fully saturated rings. The van der Waals surface area contributed by atoms with E-state index in [0.717, 1.165) is 52.1 Å². The second kappa shape index (κ2) is 15.6. The van der Waals surface area contributed by atoms with Crippen molar-refractivity contribution in [1.82, 2.24) is 18.9 Å². The zero-order valence-corrected chi connectivity index (χ0v) is 28.0. The van der Waals surface area contributed by atoms with Crippen molar-refractivity contribution in [2.45, 2.75) is 38.2 Å². The molecule has 1 aromatic heterocycles. The van der Waals surface area contributed by atoms with Crippen LogP contribution in [0.2, 0.25) is 0 Å². The van der Waals surface area contributed by atoms with Gasteiger partial charge in [0.1, 0.15) is 17.4 Å². The smallest absolute Gasteiger partial charge is 0.338 e. The Balaban J connectivity index is 1.37. The van der Waals surface area contributed by atoms with Gasteiger partial charge in [-0.2, -0.15) is 0 Å². The third kappa shape index (κ3) is 7.84. The van der Waals surface area contributed by atoms with E-state index in [1.807, 2.05) is 0 Å². The number of methoxy groups -OCH3 is 3. The van der Waals surface area contributed by atoms with Crippen molar-refractivity contribution < 1.29 is 38.0 Å². The maximum Gasteiger partial charge on any atom is 0.338 e. The summed E-state index contributed by atoms with van der Waals surface area (Å²) in [6.45, 7) is 5.99. The van der Waals surface area contributed by atoms with Crippen LogP contribution in [0.1, 0.15) is 52.8 Å². The number of aromatic nitrogens is 2. The van der Waals surface area contributed by atoms with Crippen LogP contribution in [0.5, 0.6) is 23.0 Å². The van der Waals surface area contributed by atoms with Crippen LogP contribution in [0, 0.1) is 0 Å². The summed E-state index contributed by atoms with van der Waals surface area (Å²) in [5, 5.41) is 0. The minimum Gasteiger partial charge on any atom is -0.494 e. The van der Waals surface area contributed by atoms with Crippen LogP contribution >= 0.6 is 0 Å². The first kappa shape index (κ1) is 34.1. The topological polar surface area (TPSA) is 123 Å². The molecule has 4 bridgehead atoms. The molecular weight excluding hydrogens is 608 g/mol. The Morgan fingerprint density at radius 1 is 0.745 bits per heavy atom. The van der Waals surface area contributed by atoms with Gasteiger partial charge in [0.15, 0.2) is 11.5 Å². The van der Waals surface area contributed by atoms with Gasteiger partial charge in [0, 0.05) is 40.3 Å². The molecule has 0 N–H and O–H groups in total. The van der Waals surface area contributed by atoms with E-state index in [0.29, 0.717) is 71.0 Å². The SMILES string of the molecule is COc1cc2cc(c1OC)OCCCC(OC(=O)c1cc(OC)c3c(c1)n(C)c(=O)n3C)CCN1CCCN(CCCOC2=O)CC1. The van der Waals surface area contributed by atoms with Crippen LogP contribution < -0.4 is 24.6 Å². The molecule has 3 heterocycles. The first-order valence-electron chi connectivity index (χ1n) is 16.2. The van der Waals surface area contributed by atoms with Gasteiger partial charge in [-0.05, 0) is 69.5 Å². The van der Waals surface area contributed by atoms with E-state index in [4.69, 9.17) is 28.4 Å². The molecule has 0 amide bonds. The highest BCUT2D eigenvalue weighted by molar-refractivity contribution is 5.96. The molecule has 13 nitrogen and oxygen atoms in total. The lowest BCUT2D eigenvalue weighted by Gasteiger charge is -2.24. The molecule has 2 aliphatic rings. The predicted octanol–water partition coefficient (Wildman–Crippen LogP) is 3.25. The number of rotatable bonds is 5. The fourth-order valence-electron chi connectivity index (χ4n) is 6.35. The lowest BCUT2D eigenvalue weighted by atomic mass is 10.1. The first-order valence-corrected chi connectivity index (χ1v) is 16.2. The van der Waals surface area contributed by atoms with Crippen molar-refractivity contribution in [2.75, 3.05) is 73.8 Å². The van der Waals surface area contributed by atoms with Crippen LogP contribution in [0.4, 0.5) is 0 Å². The van der Waals surface area contributed by atoms with E-state index in [-0.39, 0.29) is 18.4 Å². The summed E-state index contributed by atoms with van der Waals surface area (Å²) in [6.07, 6.45) is 3.16. The number of nitrogens with zero attached hydrogens (tertiary/aromatic N) is 4. The van der Waals surface area contributed by atoms with Gasteiger partial charge < -0.3 is 38.2 Å². The highest BCUT2D eigenvalue weighted by Crippen LogP contribution is 2.39. The van der Waals surface area contributed by atoms with Crippen molar-refractivity contribution in [1.29, 1.82) is 0 Å². The Morgan fingerprint density at radius 2 is 1.45 bits per heavy atom. The zero-order chi connectivity index (χ0) is 33.5. The predicted molar refractivity (Wildman–Crippen MR) is 175 cm³/mol. The third-order valence-electron chi connectivity index (χ3n) is 8.96. The van der Waals surface area contributed by atoms with Crippen LogP contribution in [-0.4, -0.2) is 111 Å². The number of hydrogen-bond acceptors (Lipinski definition) is 11. The lowest BCUT2D eigenvalue weighted by Crippen LogP contribution is -2.34. The van der Waals surface area contributed by atoms with Crippen LogP contribution in [0.3, 0.4) is 0 Å². The first-order chi connectivity index (χ1) is 22.7. The molecule has 3 unspecified atom stereocenters. The van der Waals surface area contributed by atoms with Gasteiger partial charge in [-0.25, -0.2) is 14.4 Å². The Bertz CT molecular complexity index is 1630. The highest BCUT2D eigenvalue weighted by atomic mass is 16.5. The van der Waals surface area contributed by atoms with Crippen molar-refractivity contribution >= 4 is 23.0 Å². The average molecular weight is 655 g/mol. The molecule has 47 heavy (non-hydrogen) atoms. The largest absolute Gasteiger partial charge is 0.494 e. The number of imidazole rings is 1. The van der Waals surface area contributed by atoms with Gasteiger partial charge in [-0.15, -0.1) is 0 Å². The van der Waals surface area contributed by atoms with Crippen molar-refractivity contribution in [2.24, 2.45) is 14.1 Å². The Labute approximate surface area is 274 Å². The average Bonchev–Trinajstić information content (AvgIpc) is 3.21. The normalized spacial score (nSPS) is 21.4. The number of fused-ring (bicyclic) bond motifs is 6. The van der Waals surface area contributed by atoms with Gasteiger partial charge in [0.05, 0.1) is 51.2 Å². The van der Waals surface area contributed by atoms with Crippen molar-refractivity contribution in [3.8, 4) is 23.0 Å². The number of ether oxygens (including phenoxy) is 6. The van der Waals surface area contributed by atoms with Crippen LogP contribution in [0.15, 0.2) is 29.1 Å². The van der Waals surface area contributed by atoms with E-state index in [1.54, 1.807) is 38.4 Å². The maximum absolute atomic E-state index is 13.6. The molecule has 1 saturated heterocycles. The summed E-state index contributed by atoms with van der Waals surface area (Å²) in [4.78, 5) is 44.0. The molecule has 3 aromatic rings. The number of cyclic esters (lactones) is 1. The Morgan fingerprint density at radius 3 is 2.17 bits per heavy atom. The minimum absolute atomic E-state index is 0.212. The maximum atomic E-state index is 13.6. The third-order valence-corrected chi connectivity index (χ3v) is 8.96. The summed E-state index contributed by atoms with van der Waals surface area (Å²) in [5.41, 5.74) is 1.61. The summed E-state index contributed by atoms with van der Waals surface area (Å²) >= 11 is 0. The van der Waals surface area contributed by atoms with Crippen molar-refractivity contribution in [3.63, 3.8) is 0 Å². The monoisotopic (exact) mass is 654 g/mol. The fourth-order valence-corrected chi connectivity index (χ4v) is 6.35. The molecule has 256 valence electrons. The zero-order valence-electron chi connectivity index (χ0n) is 28.0. The second-order valence-corrected chi connectivity index (χ2v) is 12.0. The molecule has 5 rings (SSSR count). The van der Waals surface area contributed by atoms with Gasteiger partial charge >= 0.3 is 17.6 Å². The van der Waals surface area contributed by atoms with Crippen LogP contribution in [0.25, 0.3) is 11.0 Å². The molecule has 2 aromatic carbocycles. The van der Waals surface area contributed by atoms with E-state index < -0.39 is 11.9 Å². The number of carbonyl (C=O) groups excluding carboxylic acids is 2. The van der Waals surface area contributed by atoms with E-state index in [1.165, 1.54) is 30.5 Å². The second-order valence-electron chi connectivity index (χ2n) is 12.0. The molecule has 3 atom stereocenters. The standard InChI is InChI=1S/C34H46N4O9/c1-35-26-19-23(20-27(42-3)30(26)36(2)34(35)41)33(40)47-25-9-6-17-45-29-22-24(21-28(43-4)31(29)44-5)32(39)46-18-8-13-37-11-7-12-38(14-10-25)16-15-37/h19-22,25H,6-18H2,1-5H3. The van der Waals surface area contributed by atoms with Gasteiger partial charge in [-0.3, -0.25) is 9.13 Å². The number of esters is 2. The summed E-state index contributed by atoms with van der Waals surface area (Å²) in [5.74, 6) is 0.606. The molecular formula is C34H46N4O9. The van der Waals surface area contributed by atoms with E-state index >= 15 is 0 Å². The molecule has 0 spiro atoms. The van der Waals surface area contributed by atoms with Crippen molar-refractivity contribution in [3.05, 3.63) is 45.9 Å². The summed E-state index contributed by atoms with van der Waals surface area (Å²) in [7, 11) is 7.87. The molecule has 0 aliphatic carbocycles. The molecule has 13 heteroatoms. The fraction of sp³-hybridized carbons (Fsp3) is 0.559. The number of benzene rings is 2. The lowest BCUT2D eigenvalue weighted by molar-refractivity contribution is 0.0221. The van der Waals surface area contributed by atoms with Crippen LogP contribution in [-0.2, 0) is 23.6 Å². The van der Waals surface area contributed by atoms with E-state index in [9.17, 15) is 14.4 Å². The van der Waals surface area contributed by atoms with Gasteiger partial charge in [0.2, 0.25) is 5.75 Å². The van der Waals surface area contributed by atoms with E-state index in [2.05, 4.69) is 9.80 Å². The minimum atomic E-state index is -0.481. The summed E-state index contributed by atoms with van der Waals surface area (Å²) in [6, 6.07) is 6.50. The molecule has 2 aliphatic heterocycles. The molecule has 0 radical (unpaired) electrons. The number of carbonyl (C=O) groups is 2. The molecule has 0 saturated carbocycles. The number of hydrogen-bond donors (Lipinski definition) is 0. The quantitative estimate of drug-likeness (QED) is 0.377. The Kier molecular flexibility index (Phi) is 11.3. The number of aryl methyl sites for hydroxylation is 2. The van der Waals surface area contributed by atoms with Gasteiger partial charge in [0.25, 0.3) is 0 Å².